The lowest BCUT2D eigenvalue weighted by atomic mass is 10.0. The van der Waals surface area contributed by atoms with E-state index >= 15 is 0 Å². The summed E-state index contributed by atoms with van der Waals surface area (Å²) in [6.07, 6.45) is 2.67. The quantitative estimate of drug-likeness (QED) is 0.0974. The zero-order valence-corrected chi connectivity index (χ0v) is 38.8. The summed E-state index contributed by atoms with van der Waals surface area (Å²) in [4.78, 5) is 60.5. The number of aromatic nitrogens is 2. The fraction of sp³-hybridized carbons (Fsp3) is 0.435. The summed E-state index contributed by atoms with van der Waals surface area (Å²) in [6, 6.07) is 13.9. The van der Waals surface area contributed by atoms with Gasteiger partial charge in [0.1, 0.15) is 56.9 Å². The Morgan fingerprint density at radius 1 is 0.646 bits per heavy atom. The molecule has 2 saturated heterocycles. The predicted octanol–water partition coefficient (Wildman–Crippen LogP) is 7.89. The van der Waals surface area contributed by atoms with Crippen LogP contribution in [0.2, 0.25) is 5.15 Å². The Balaban J connectivity index is 0.000000237. The number of anilines is 3. The first-order valence-electron chi connectivity index (χ1n) is 20.9. The number of pyridine rings is 2. The number of ether oxygens (including phenoxy) is 4. The molecule has 4 aromatic rings. The first-order chi connectivity index (χ1) is 30.5. The highest BCUT2D eigenvalue weighted by atomic mass is 35.5. The lowest BCUT2D eigenvalue weighted by Gasteiger charge is -2.33. The largest absolute Gasteiger partial charge is 0.496 e. The average Bonchev–Trinajstić information content (AvgIpc) is 3.23. The molecule has 19 heteroatoms. The van der Waals surface area contributed by atoms with Crippen molar-refractivity contribution in [2.75, 3.05) is 57.2 Å². The van der Waals surface area contributed by atoms with Gasteiger partial charge in [-0.05, 0) is 128 Å². The highest BCUT2D eigenvalue weighted by Gasteiger charge is 2.28. The highest BCUT2D eigenvalue weighted by Crippen LogP contribution is 2.28. The van der Waals surface area contributed by atoms with Crippen molar-refractivity contribution < 1.29 is 46.9 Å². The Bertz CT molecular complexity index is 2310. The summed E-state index contributed by atoms with van der Waals surface area (Å²) in [5.74, 6) is -0.944. The van der Waals surface area contributed by atoms with Crippen molar-refractivity contribution in [3.8, 4) is 11.5 Å². The van der Waals surface area contributed by atoms with Crippen molar-refractivity contribution in [1.82, 2.24) is 19.8 Å². The van der Waals surface area contributed by atoms with E-state index in [2.05, 4.69) is 15.3 Å². The van der Waals surface area contributed by atoms with Gasteiger partial charge in [0, 0.05) is 38.3 Å². The number of hydrogen-bond acceptors (Lipinski definition) is 14. The molecule has 0 aliphatic carbocycles. The molecule has 0 bridgehead atoms. The molecule has 2 aliphatic rings. The maximum atomic E-state index is 13.6. The minimum Gasteiger partial charge on any atom is -0.496 e. The summed E-state index contributed by atoms with van der Waals surface area (Å²) >= 11 is 5.66. The van der Waals surface area contributed by atoms with Crippen LogP contribution in [0.1, 0.15) is 99.1 Å². The van der Waals surface area contributed by atoms with E-state index in [0.717, 1.165) is 50.9 Å². The molecule has 2 fully saturated rings. The molecule has 7 N–H and O–H groups in total. The van der Waals surface area contributed by atoms with Crippen LogP contribution in [0.3, 0.4) is 0 Å². The van der Waals surface area contributed by atoms with Gasteiger partial charge in [0.05, 0.1) is 36.5 Å². The van der Waals surface area contributed by atoms with Crippen LogP contribution in [0.5, 0.6) is 11.5 Å². The molecular formula is C46H59ClF2N8O8. The summed E-state index contributed by atoms with van der Waals surface area (Å²) in [5, 5.41) is 3.48. The van der Waals surface area contributed by atoms with E-state index in [1.54, 1.807) is 21.9 Å². The first-order valence-corrected chi connectivity index (χ1v) is 21.3. The van der Waals surface area contributed by atoms with Crippen LogP contribution in [0, 0.1) is 11.6 Å². The molecule has 0 atom stereocenters. The standard InChI is InChI=1S/C23H29FN4O4.C13H10ClFN2O2.C10H20N2O2/c1-23(2,3)32-22(30)28-11-9-15(10-12-28)26-19-8-6-16(21(25)27-19)20(29)17-13-14(24)5-7-18(17)31-4;1-19-10-4-2-7(15)6-9(10)12(18)8-3-5-11(14)17-13(8)16;1-10(2,3)14-9(13)12-6-4-8(11)5-7-12/h5-8,13,15H,9-12H2,1-4H3,(H3,25,26,27);2-6H,1H3,(H2,16,17);8H,4-7,11H2,1-3H3. The maximum Gasteiger partial charge on any atom is 0.410 e. The van der Waals surface area contributed by atoms with Crippen molar-refractivity contribution in [3.05, 3.63) is 99.7 Å². The molecule has 65 heavy (non-hydrogen) atoms. The molecule has 4 heterocycles. The minimum atomic E-state index is -0.545. The molecular weight excluding hydrogens is 866 g/mol. The Kier molecular flexibility index (Phi) is 17.8. The van der Waals surface area contributed by atoms with Gasteiger partial charge < -0.3 is 51.3 Å². The normalized spacial score (nSPS) is 14.5. The number of ketones is 2. The smallest absolute Gasteiger partial charge is 0.410 e. The van der Waals surface area contributed by atoms with Gasteiger partial charge >= 0.3 is 12.2 Å². The molecule has 0 spiro atoms. The maximum absolute atomic E-state index is 13.6. The minimum absolute atomic E-state index is 0.0104. The molecule has 2 aromatic heterocycles. The Morgan fingerprint density at radius 3 is 1.46 bits per heavy atom. The van der Waals surface area contributed by atoms with Crippen LogP contribution < -0.4 is 32.0 Å². The summed E-state index contributed by atoms with van der Waals surface area (Å²) in [7, 11) is 2.81. The third kappa shape index (κ3) is 15.4. The number of methoxy groups -OCH3 is 2. The number of nitrogens with zero attached hydrogens (tertiary/aromatic N) is 4. The topological polar surface area (TPSA) is 228 Å². The molecule has 0 radical (unpaired) electrons. The highest BCUT2D eigenvalue weighted by molar-refractivity contribution is 6.29. The van der Waals surface area contributed by atoms with Crippen LogP contribution >= 0.6 is 11.6 Å². The molecule has 0 unspecified atom stereocenters. The summed E-state index contributed by atoms with van der Waals surface area (Å²) < 4.78 is 47.8. The molecule has 352 valence electrons. The third-order valence-corrected chi connectivity index (χ3v) is 10.0. The van der Waals surface area contributed by atoms with Gasteiger partial charge in [0.25, 0.3) is 0 Å². The number of hydrogen-bond donors (Lipinski definition) is 4. The van der Waals surface area contributed by atoms with Crippen LogP contribution in [-0.2, 0) is 9.47 Å². The van der Waals surface area contributed by atoms with Crippen molar-refractivity contribution in [2.24, 2.45) is 5.73 Å². The Morgan fingerprint density at radius 2 is 1.06 bits per heavy atom. The van der Waals surface area contributed by atoms with Crippen molar-refractivity contribution >= 4 is 52.8 Å². The second kappa shape index (κ2) is 22.6. The number of carbonyl (C=O) groups excluding carboxylic acids is 4. The van der Waals surface area contributed by atoms with E-state index in [4.69, 9.17) is 47.7 Å². The van der Waals surface area contributed by atoms with E-state index in [9.17, 15) is 28.0 Å². The number of rotatable bonds is 8. The number of likely N-dealkylation sites (tertiary alicyclic amines) is 2. The molecule has 2 amide bonds. The number of piperidine rings is 2. The van der Waals surface area contributed by atoms with E-state index < -0.39 is 34.4 Å². The molecule has 2 aliphatic heterocycles. The van der Waals surface area contributed by atoms with Crippen LogP contribution in [0.15, 0.2) is 60.7 Å². The van der Waals surface area contributed by atoms with Gasteiger partial charge in [-0.1, -0.05) is 11.6 Å². The van der Waals surface area contributed by atoms with Crippen LogP contribution in [0.25, 0.3) is 0 Å². The van der Waals surface area contributed by atoms with Gasteiger partial charge in [-0.15, -0.1) is 0 Å². The Hall–Kier alpha value is -6.27. The zero-order valence-electron chi connectivity index (χ0n) is 38.0. The molecule has 2 aromatic carbocycles. The molecule has 6 rings (SSSR count). The van der Waals surface area contributed by atoms with Gasteiger partial charge in [-0.3, -0.25) is 9.59 Å². The lowest BCUT2D eigenvalue weighted by Crippen LogP contribution is -2.44. The number of amides is 2. The fourth-order valence-corrected chi connectivity index (χ4v) is 6.70. The fourth-order valence-electron chi connectivity index (χ4n) is 6.55. The number of nitrogen functional groups attached to an aromatic ring is 2. The molecule has 0 saturated carbocycles. The average molecular weight is 925 g/mol. The van der Waals surface area contributed by atoms with Gasteiger partial charge in [-0.25, -0.2) is 28.3 Å². The van der Waals surface area contributed by atoms with Crippen molar-refractivity contribution in [2.45, 2.75) is 90.5 Å². The van der Waals surface area contributed by atoms with E-state index in [1.807, 2.05) is 41.5 Å². The second-order valence-corrected chi connectivity index (χ2v) is 17.6. The van der Waals surface area contributed by atoms with Gasteiger partial charge in [-0.2, -0.15) is 0 Å². The molecule has 16 nitrogen and oxygen atoms in total. The Labute approximate surface area is 383 Å². The third-order valence-electron chi connectivity index (χ3n) is 9.81. The van der Waals surface area contributed by atoms with E-state index in [-0.39, 0.29) is 74.8 Å². The van der Waals surface area contributed by atoms with E-state index in [1.165, 1.54) is 50.6 Å². The number of halogens is 3. The first kappa shape index (κ1) is 51.4. The summed E-state index contributed by atoms with van der Waals surface area (Å²) in [5.41, 5.74) is 17.0. The van der Waals surface area contributed by atoms with E-state index in [0.29, 0.717) is 18.9 Å². The van der Waals surface area contributed by atoms with Crippen LogP contribution in [-0.4, -0.2) is 107 Å². The zero-order chi connectivity index (χ0) is 48.2. The second-order valence-electron chi connectivity index (χ2n) is 17.2. The number of benzene rings is 2. The number of nitrogens with one attached hydrogen (secondary N) is 1. The van der Waals surface area contributed by atoms with Crippen molar-refractivity contribution in [3.63, 3.8) is 0 Å². The number of nitrogens with two attached hydrogens (primary N) is 3. The number of carbonyl (C=O) groups is 4. The van der Waals surface area contributed by atoms with Gasteiger partial charge in [0.15, 0.2) is 0 Å². The lowest BCUT2D eigenvalue weighted by molar-refractivity contribution is 0.0197. The predicted molar refractivity (Wildman–Crippen MR) is 245 cm³/mol. The van der Waals surface area contributed by atoms with Gasteiger partial charge in [0.2, 0.25) is 11.6 Å². The van der Waals surface area contributed by atoms with Crippen molar-refractivity contribution in [1.29, 1.82) is 0 Å². The summed E-state index contributed by atoms with van der Waals surface area (Å²) in [6.45, 7) is 13.7. The SMILES string of the molecule is CC(C)(C)OC(=O)N1CCC(N)CC1.COc1ccc(F)cc1C(=O)c1ccc(Cl)nc1N.COc1ccc(F)cc1C(=O)c1ccc(NC2CCN(C(=O)OC(C)(C)C)CC2)nc1N. The monoisotopic (exact) mass is 924 g/mol. The van der Waals surface area contributed by atoms with Crippen LogP contribution in [0.4, 0.5) is 35.8 Å².